The smallest absolute Gasteiger partial charge is 0.326 e. The molecule has 3 amide bonds. The molecule has 0 aliphatic heterocycles. The van der Waals surface area contributed by atoms with Gasteiger partial charge in [0.1, 0.15) is 6.04 Å². The molecule has 108 valence electrons. The normalized spacial score (nSPS) is 11.4. The molecule has 0 fully saturated rings. The summed E-state index contributed by atoms with van der Waals surface area (Å²) in [5.41, 5.74) is 5.29. The quantitative estimate of drug-likeness (QED) is 0.630. The number of amides is 3. The van der Waals surface area contributed by atoms with E-state index in [1.54, 1.807) is 24.3 Å². The number of para-hydroxylation sites is 1. The van der Waals surface area contributed by atoms with Crippen LogP contribution >= 0.6 is 11.6 Å². The average molecular weight is 300 g/mol. The number of hydrogen-bond acceptors (Lipinski definition) is 3. The van der Waals surface area contributed by atoms with Crippen molar-refractivity contribution >= 4 is 35.2 Å². The number of anilines is 1. The van der Waals surface area contributed by atoms with Crippen LogP contribution in [0.1, 0.15) is 12.8 Å². The molecular weight excluding hydrogens is 286 g/mol. The molecule has 0 aromatic heterocycles. The fourth-order valence-corrected chi connectivity index (χ4v) is 1.61. The number of aliphatic carboxylic acids is 1. The minimum Gasteiger partial charge on any atom is -0.480 e. The molecule has 0 aliphatic carbocycles. The zero-order valence-corrected chi connectivity index (χ0v) is 11.2. The first-order valence-corrected chi connectivity index (χ1v) is 6.11. The molecule has 1 aromatic carbocycles. The van der Waals surface area contributed by atoms with Gasteiger partial charge in [0.2, 0.25) is 5.91 Å². The maximum absolute atomic E-state index is 11.7. The van der Waals surface area contributed by atoms with E-state index in [0.717, 1.165) is 0 Å². The van der Waals surface area contributed by atoms with Gasteiger partial charge in [-0.25, -0.2) is 9.59 Å². The van der Waals surface area contributed by atoms with E-state index in [0.29, 0.717) is 10.7 Å². The van der Waals surface area contributed by atoms with Crippen LogP contribution in [0.25, 0.3) is 0 Å². The van der Waals surface area contributed by atoms with Crippen LogP contribution in [0.15, 0.2) is 24.3 Å². The lowest BCUT2D eigenvalue weighted by Crippen LogP contribution is -2.43. The van der Waals surface area contributed by atoms with Crippen molar-refractivity contribution in [2.75, 3.05) is 5.32 Å². The second-order valence-electron chi connectivity index (χ2n) is 3.97. The number of hydrogen-bond donors (Lipinski definition) is 4. The lowest BCUT2D eigenvalue weighted by molar-refractivity contribution is -0.139. The summed E-state index contributed by atoms with van der Waals surface area (Å²) in [7, 11) is 0. The summed E-state index contributed by atoms with van der Waals surface area (Å²) in [6, 6.07) is 4.58. The maximum atomic E-state index is 11.7. The number of carbonyl (C=O) groups is 3. The molecule has 0 heterocycles. The highest BCUT2D eigenvalue weighted by Gasteiger charge is 2.20. The molecule has 5 N–H and O–H groups in total. The predicted molar refractivity (Wildman–Crippen MR) is 73.5 cm³/mol. The minimum atomic E-state index is -1.25. The van der Waals surface area contributed by atoms with E-state index < -0.39 is 23.9 Å². The number of primary amides is 1. The molecule has 0 radical (unpaired) electrons. The van der Waals surface area contributed by atoms with Crippen LogP contribution in [-0.2, 0) is 9.59 Å². The van der Waals surface area contributed by atoms with E-state index in [2.05, 4.69) is 10.6 Å². The zero-order valence-electron chi connectivity index (χ0n) is 10.4. The van der Waals surface area contributed by atoms with Crippen molar-refractivity contribution in [1.29, 1.82) is 0 Å². The Balaban J connectivity index is 2.60. The molecule has 8 heteroatoms. The van der Waals surface area contributed by atoms with Gasteiger partial charge in [-0.1, -0.05) is 23.7 Å². The first-order chi connectivity index (χ1) is 9.40. The van der Waals surface area contributed by atoms with Crippen LogP contribution in [0.3, 0.4) is 0 Å². The van der Waals surface area contributed by atoms with Gasteiger partial charge in [0.05, 0.1) is 10.7 Å². The van der Waals surface area contributed by atoms with Crippen LogP contribution in [0.5, 0.6) is 0 Å². The van der Waals surface area contributed by atoms with Crippen LogP contribution < -0.4 is 16.4 Å². The first kappa shape index (κ1) is 15.8. The number of nitrogens with two attached hydrogens (primary N) is 1. The van der Waals surface area contributed by atoms with Crippen molar-refractivity contribution in [2.45, 2.75) is 18.9 Å². The van der Waals surface area contributed by atoms with Crippen molar-refractivity contribution in [3.05, 3.63) is 29.3 Å². The second kappa shape index (κ2) is 7.34. The summed E-state index contributed by atoms with van der Waals surface area (Å²) >= 11 is 5.85. The molecule has 7 nitrogen and oxygen atoms in total. The van der Waals surface area contributed by atoms with E-state index in [-0.39, 0.29) is 12.8 Å². The second-order valence-corrected chi connectivity index (χ2v) is 4.38. The molecule has 0 bridgehead atoms. The predicted octanol–water partition coefficient (Wildman–Crippen LogP) is 1.18. The first-order valence-electron chi connectivity index (χ1n) is 5.73. The van der Waals surface area contributed by atoms with Gasteiger partial charge in [-0.05, 0) is 18.6 Å². The van der Waals surface area contributed by atoms with Gasteiger partial charge in [-0.3, -0.25) is 4.79 Å². The Morgan fingerprint density at radius 1 is 1.30 bits per heavy atom. The lowest BCUT2D eigenvalue weighted by Gasteiger charge is -2.14. The Hall–Kier alpha value is -2.28. The van der Waals surface area contributed by atoms with E-state index in [9.17, 15) is 14.4 Å². The van der Waals surface area contributed by atoms with Gasteiger partial charge >= 0.3 is 12.0 Å². The van der Waals surface area contributed by atoms with Gasteiger partial charge < -0.3 is 21.5 Å². The Morgan fingerprint density at radius 3 is 2.50 bits per heavy atom. The third-order valence-corrected chi connectivity index (χ3v) is 2.73. The molecule has 1 unspecified atom stereocenters. The number of nitrogens with one attached hydrogen (secondary N) is 2. The topological polar surface area (TPSA) is 122 Å². The molecule has 1 rings (SSSR count). The summed E-state index contributed by atoms with van der Waals surface area (Å²) in [4.78, 5) is 33.2. The minimum absolute atomic E-state index is 0.0827. The highest BCUT2D eigenvalue weighted by Crippen LogP contribution is 2.20. The monoisotopic (exact) mass is 299 g/mol. The number of urea groups is 1. The SMILES string of the molecule is NC(=O)CCC(NC(=O)Nc1ccccc1Cl)C(=O)O. The number of carboxylic acid groups (broad SMARTS) is 1. The Labute approximate surface area is 120 Å². The summed E-state index contributed by atoms with van der Waals surface area (Å²) in [5.74, 6) is -1.88. The Bertz CT molecular complexity index is 521. The fraction of sp³-hybridized carbons (Fsp3) is 0.250. The number of carbonyl (C=O) groups excluding carboxylic acids is 2. The van der Waals surface area contributed by atoms with E-state index >= 15 is 0 Å². The summed E-state index contributed by atoms with van der Waals surface area (Å²) < 4.78 is 0. The van der Waals surface area contributed by atoms with Crippen molar-refractivity contribution in [3.63, 3.8) is 0 Å². The van der Waals surface area contributed by atoms with Crippen LogP contribution in [-0.4, -0.2) is 29.1 Å². The molecular formula is C12H14ClN3O4. The van der Waals surface area contributed by atoms with E-state index in [1.165, 1.54) is 0 Å². The largest absolute Gasteiger partial charge is 0.480 e. The standard InChI is InChI=1S/C12H14ClN3O4/c13-7-3-1-2-4-8(7)15-12(20)16-9(11(18)19)5-6-10(14)17/h1-4,9H,5-6H2,(H2,14,17)(H,18,19)(H2,15,16,20). The Morgan fingerprint density at radius 2 is 1.95 bits per heavy atom. The molecule has 1 atom stereocenters. The fourth-order valence-electron chi connectivity index (χ4n) is 1.42. The summed E-state index contributed by atoms with van der Waals surface area (Å²) in [5, 5.41) is 13.9. The molecule has 0 aliphatic rings. The van der Waals surface area contributed by atoms with E-state index in [1.807, 2.05) is 0 Å². The maximum Gasteiger partial charge on any atom is 0.326 e. The number of benzene rings is 1. The van der Waals surface area contributed by atoms with Gasteiger partial charge in [-0.2, -0.15) is 0 Å². The van der Waals surface area contributed by atoms with Crippen LogP contribution in [0, 0.1) is 0 Å². The van der Waals surface area contributed by atoms with Crippen molar-refractivity contribution in [3.8, 4) is 0 Å². The summed E-state index contributed by atoms with van der Waals surface area (Å²) in [6.07, 6.45) is -0.218. The molecule has 0 saturated heterocycles. The van der Waals surface area contributed by atoms with Crippen LogP contribution in [0.4, 0.5) is 10.5 Å². The van der Waals surface area contributed by atoms with Gasteiger partial charge in [-0.15, -0.1) is 0 Å². The Kier molecular flexibility index (Phi) is 5.79. The number of halogens is 1. The molecule has 0 saturated carbocycles. The zero-order chi connectivity index (χ0) is 15.1. The molecule has 20 heavy (non-hydrogen) atoms. The van der Waals surface area contributed by atoms with E-state index in [4.69, 9.17) is 22.4 Å². The number of rotatable bonds is 6. The van der Waals surface area contributed by atoms with Gasteiger partial charge in [0.15, 0.2) is 0 Å². The molecule has 1 aromatic rings. The van der Waals surface area contributed by atoms with Crippen LogP contribution in [0.2, 0.25) is 5.02 Å². The van der Waals surface area contributed by atoms with Crippen molar-refractivity contribution < 1.29 is 19.5 Å². The van der Waals surface area contributed by atoms with Crippen molar-refractivity contribution in [2.24, 2.45) is 5.73 Å². The summed E-state index contributed by atoms with van der Waals surface area (Å²) in [6.45, 7) is 0. The third-order valence-electron chi connectivity index (χ3n) is 2.40. The highest BCUT2D eigenvalue weighted by molar-refractivity contribution is 6.33. The number of carboxylic acids is 1. The lowest BCUT2D eigenvalue weighted by atomic mass is 10.1. The molecule has 0 spiro atoms. The average Bonchev–Trinajstić information content (AvgIpc) is 2.36. The van der Waals surface area contributed by atoms with Gasteiger partial charge in [0, 0.05) is 6.42 Å². The highest BCUT2D eigenvalue weighted by atomic mass is 35.5. The third kappa shape index (κ3) is 5.15. The van der Waals surface area contributed by atoms with Gasteiger partial charge in [0.25, 0.3) is 0 Å². The van der Waals surface area contributed by atoms with Crippen molar-refractivity contribution in [1.82, 2.24) is 5.32 Å².